The van der Waals surface area contributed by atoms with Gasteiger partial charge in [-0.05, 0) is 47.5 Å². The highest BCUT2D eigenvalue weighted by Crippen LogP contribution is 2.39. The van der Waals surface area contributed by atoms with Crippen LogP contribution in [-0.2, 0) is 15.1 Å². The average Bonchev–Trinajstić information content (AvgIpc) is 3.18. The zero-order valence-corrected chi connectivity index (χ0v) is 13.7. The van der Waals surface area contributed by atoms with Crippen LogP contribution in [0.15, 0.2) is 35.7 Å². The van der Waals surface area contributed by atoms with E-state index in [1.807, 2.05) is 23.6 Å². The maximum Gasteiger partial charge on any atom is 0.193 e. The van der Waals surface area contributed by atoms with Crippen molar-refractivity contribution >= 4 is 22.9 Å². The molecule has 1 unspecified atom stereocenters. The maximum absolute atomic E-state index is 11.3. The first kappa shape index (κ1) is 16.0. The lowest BCUT2D eigenvalue weighted by molar-refractivity contribution is -0.0415. The van der Waals surface area contributed by atoms with Crippen LogP contribution in [0.4, 0.5) is 0 Å². The van der Waals surface area contributed by atoms with Crippen LogP contribution in [0, 0.1) is 6.92 Å². The van der Waals surface area contributed by atoms with Crippen molar-refractivity contribution in [2.24, 2.45) is 0 Å². The summed E-state index contributed by atoms with van der Waals surface area (Å²) in [4.78, 5) is 0.969. The number of benzene rings is 1. The van der Waals surface area contributed by atoms with E-state index in [0.717, 1.165) is 16.0 Å². The molecule has 1 aliphatic rings. The highest BCUT2D eigenvalue weighted by atomic mass is 35.5. The van der Waals surface area contributed by atoms with Crippen LogP contribution in [-0.4, -0.2) is 18.3 Å². The standard InChI is InChI=1S/C17H18ClO3S/c1-2-6-17(19,12-4-3-5-14(18)9-12)13-10-15(22-11-13)16-20-7-8-21-16/h3-5,9-11,16,19H,1-2,6-8H2. The van der Waals surface area contributed by atoms with E-state index in [-0.39, 0.29) is 6.29 Å². The summed E-state index contributed by atoms with van der Waals surface area (Å²) < 4.78 is 11.0. The Morgan fingerprint density at radius 2 is 2.05 bits per heavy atom. The summed E-state index contributed by atoms with van der Waals surface area (Å²) >= 11 is 7.62. The third-order valence-corrected chi connectivity index (χ3v) is 4.98. The van der Waals surface area contributed by atoms with Crippen molar-refractivity contribution in [2.45, 2.75) is 24.7 Å². The molecule has 22 heavy (non-hydrogen) atoms. The molecule has 1 radical (unpaired) electrons. The van der Waals surface area contributed by atoms with E-state index in [0.29, 0.717) is 31.1 Å². The molecule has 2 aromatic rings. The summed E-state index contributed by atoms with van der Waals surface area (Å²) in [6.45, 7) is 5.10. The molecule has 1 aromatic heterocycles. The first-order valence-corrected chi connectivity index (χ1v) is 8.49. The highest BCUT2D eigenvalue weighted by Gasteiger charge is 2.33. The Labute approximate surface area is 139 Å². The largest absolute Gasteiger partial charge is 0.380 e. The minimum Gasteiger partial charge on any atom is -0.380 e. The summed E-state index contributed by atoms with van der Waals surface area (Å²) in [6.07, 6.45) is 0.822. The Morgan fingerprint density at radius 1 is 1.27 bits per heavy atom. The van der Waals surface area contributed by atoms with Gasteiger partial charge in [0.1, 0.15) is 5.60 Å². The molecule has 0 saturated carbocycles. The number of hydrogen-bond acceptors (Lipinski definition) is 4. The Balaban J connectivity index is 1.96. The van der Waals surface area contributed by atoms with Crippen molar-refractivity contribution < 1.29 is 14.6 Å². The number of aliphatic hydroxyl groups is 1. The fraction of sp³-hybridized carbons (Fsp3) is 0.353. The van der Waals surface area contributed by atoms with Crippen molar-refractivity contribution in [3.8, 4) is 0 Å². The molecule has 1 aliphatic heterocycles. The molecular weight excluding hydrogens is 320 g/mol. The summed E-state index contributed by atoms with van der Waals surface area (Å²) in [7, 11) is 0. The zero-order chi connectivity index (χ0) is 15.6. The summed E-state index contributed by atoms with van der Waals surface area (Å²) in [5.41, 5.74) is 0.513. The summed E-state index contributed by atoms with van der Waals surface area (Å²) in [5.74, 6) is 0. The quantitative estimate of drug-likeness (QED) is 0.884. The van der Waals surface area contributed by atoms with Gasteiger partial charge >= 0.3 is 0 Å². The summed E-state index contributed by atoms with van der Waals surface area (Å²) in [6, 6.07) is 9.30. The molecule has 5 heteroatoms. The van der Waals surface area contributed by atoms with Gasteiger partial charge in [0.05, 0.1) is 18.1 Å². The monoisotopic (exact) mass is 337 g/mol. The molecule has 1 N–H and O–H groups in total. The second kappa shape index (κ2) is 6.69. The molecule has 3 rings (SSSR count). The molecule has 0 aliphatic carbocycles. The van der Waals surface area contributed by atoms with Gasteiger partial charge in [0, 0.05) is 5.02 Å². The van der Waals surface area contributed by atoms with Crippen LogP contribution >= 0.6 is 22.9 Å². The van der Waals surface area contributed by atoms with Gasteiger partial charge in [-0.25, -0.2) is 0 Å². The molecule has 2 heterocycles. The van der Waals surface area contributed by atoms with E-state index < -0.39 is 5.60 Å². The van der Waals surface area contributed by atoms with E-state index in [1.165, 1.54) is 11.3 Å². The normalized spacial score (nSPS) is 18.5. The minimum absolute atomic E-state index is 0.317. The number of rotatable bonds is 5. The second-order valence-corrected chi connectivity index (χ2v) is 6.66. The fourth-order valence-electron chi connectivity index (χ4n) is 2.67. The van der Waals surface area contributed by atoms with Crippen molar-refractivity contribution in [1.29, 1.82) is 0 Å². The van der Waals surface area contributed by atoms with Gasteiger partial charge in [0.2, 0.25) is 0 Å². The van der Waals surface area contributed by atoms with Gasteiger partial charge in [-0.15, -0.1) is 11.3 Å². The van der Waals surface area contributed by atoms with Gasteiger partial charge in [0.15, 0.2) is 6.29 Å². The lowest BCUT2D eigenvalue weighted by atomic mass is 9.84. The van der Waals surface area contributed by atoms with E-state index in [9.17, 15) is 5.11 Å². The molecule has 1 saturated heterocycles. The Bertz CT molecular complexity index is 636. The lowest BCUT2D eigenvalue weighted by Crippen LogP contribution is -2.26. The maximum atomic E-state index is 11.3. The number of ether oxygens (including phenoxy) is 2. The van der Waals surface area contributed by atoms with Gasteiger partial charge in [0.25, 0.3) is 0 Å². The molecule has 1 atom stereocenters. The minimum atomic E-state index is -1.10. The molecule has 0 spiro atoms. The first-order valence-electron chi connectivity index (χ1n) is 7.23. The molecule has 1 aromatic carbocycles. The number of hydrogen-bond donors (Lipinski definition) is 1. The van der Waals surface area contributed by atoms with E-state index in [1.54, 1.807) is 12.1 Å². The highest BCUT2D eigenvalue weighted by molar-refractivity contribution is 7.10. The van der Waals surface area contributed by atoms with Crippen molar-refractivity contribution in [3.63, 3.8) is 0 Å². The lowest BCUT2D eigenvalue weighted by Gasteiger charge is -2.28. The van der Waals surface area contributed by atoms with Crippen molar-refractivity contribution in [1.82, 2.24) is 0 Å². The average molecular weight is 338 g/mol. The Morgan fingerprint density at radius 3 is 2.73 bits per heavy atom. The van der Waals surface area contributed by atoms with Crippen LogP contribution < -0.4 is 0 Å². The van der Waals surface area contributed by atoms with E-state index in [2.05, 4.69) is 6.92 Å². The van der Waals surface area contributed by atoms with Gasteiger partial charge in [-0.1, -0.05) is 30.7 Å². The molecule has 0 amide bonds. The zero-order valence-electron chi connectivity index (χ0n) is 12.1. The smallest absolute Gasteiger partial charge is 0.193 e. The third-order valence-electron chi connectivity index (χ3n) is 3.79. The van der Waals surface area contributed by atoms with Gasteiger partial charge in [-0.3, -0.25) is 0 Å². The van der Waals surface area contributed by atoms with E-state index >= 15 is 0 Å². The van der Waals surface area contributed by atoms with Crippen LogP contribution in [0.25, 0.3) is 0 Å². The molecule has 0 bridgehead atoms. The Hall–Kier alpha value is -0.910. The third kappa shape index (κ3) is 3.07. The molecule has 1 fully saturated rings. The Kier molecular flexibility index (Phi) is 4.85. The van der Waals surface area contributed by atoms with Crippen LogP contribution in [0.3, 0.4) is 0 Å². The first-order chi connectivity index (χ1) is 10.6. The SMILES string of the molecule is [CH2]CCC(O)(c1cccc(Cl)c1)c1csc(C2OCCO2)c1. The van der Waals surface area contributed by atoms with Crippen LogP contribution in [0.2, 0.25) is 5.02 Å². The number of thiophene rings is 1. The topological polar surface area (TPSA) is 38.7 Å². The summed E-state index contributed by atoms with van der Waals surface area (Å²) in [5, 5.41) is 13.8. The van der Waals surface area contributed by atoms with E-state index in [4.69, 9.17) is 21.1 Å². The van der Waals surface area contributed by atoms with Crippen LogP contribution in [0.5, 0.6) is 0 Å². The van der Waals surface area contributed by atoms with Crippen molar-refractivity contribution in [2.75, 3.05) is 13.2 Å². The van der Waals surface area contributed by atoms with Gasteiger partial charge in [-0.2, -0.15) is 0 Å². The van der Waals surface area contributed by atoms with Crippen LogP contribution in [0.1, 0.15) is 35.1 Å². The molecule has 3 nitrogen and oxygen atoms in total. The number of halogens is 1. The second-order valence-electron chi connectivity index (χ2n) is 5.29. The van der Waals surface area contributed by atoms with Gasteiger partial charge < -0.3 is 14.6 Å². The predicted octanol–water partition coefficient (Wildman–Crippen LogP) is 4.30. The van der Waals surface area contributed by atoms with Crippen molar-refractivity contribution in [3.05, 3.63) is 63.7 Å². The molecular formula is C17H18ClO3S. The fourth-order valence-corrected chi connectivity index (χ4v) is 3.83. The predicted molar refractivity (Wildman–Crippen MR) is 88.0 cm³/mol. The molecule has 117 valence electrons.